The van der Waals surface area contributed by atoms with E-state index in [1.807, 2.05) is 0 Å². The molecule has 3 rings (SSSR count). The van der Waals surface area contributed by atoms with Crippen LogP contribution >= 0.6 is 15.9 Å². The molecule has 6 nitrogen and oxygen atoms in total. The Kier molecular flexibility index (Phi) is 4.40. The maximum absolute atomic E-state index is 10.8. The number of hydrogen-bond acceptors (Lipinski definition) is 5. The minimum absolute atomic E-state index is 0.0241. The van der Waals surface area contributed by atoms with Crippen LogP contribution in [0.4, 0.5) is 11.5 Å². The van der Waals surface area contributed by atoms with Gasteiger partial charge in [0.1, 0.15) is 12.0 Å². The zero-order chi connectivity index (χ0) is 14.8. The molecule has 114 valence electrons. The summed E-state index contributed by atoms with van der Waals surface area (Å²) in [5.41, 5.74) is 0.0241. The van der Waals surface area contributed by atoms with Crippen molar-refractivity contribution in [3.8, 4) is 0 Å². The van der Waals surface area contributed by atoms with Crippen molar-refractivity contribution >= 4 is 27.4 Å². The Morgan fingerprint density at radius 1 is 1.43 bits per heavy atom. The fourth-order valence-electron chi connectivity index (χ4n) is 2.79. The van der Waals surface area contributed by atoms with Gasteiger partial charge in [0.2, 0.25) is 0 Å². The van der Waals surface area contributed by atoms with E-state index in [9.17, 15) is 10.1 Å². The van der Waals surface area contributed by atoms with Gasteiger partial charge in [0.15, 0.2) is 0 Å². The lowest BCUT2D eigenvalue weighted by Crippen LogP contribution is -2.39. The maximum Gasteiger partial charge on any atom is 0.288 e. The summed E-state index contributed by atoms with van der Waals surface area (Å²) in [6, 6.07) is 2.04. The second-order valence-electron chi connectivity index (χ2n) is 5.90. The molecule has 0 aromatic carbocycles. The van der Waals surface area contributed by atoms with Gasteiger partial charge < -0.3 is 10.2 Å². The molecule has 0 bridgehead atoms. The van der Waals surface area contributed by atoms with E-state index < -0.39 is 4.92 Å². The first-order valence-corrected chi connectivity index (χ1v) is 8.21. The third kappa shape index (κ3) is 3.71. The summed E-state index contributed by atoms with van der Waals surface area (Å²) in [4.78, 5) is 17.0. The highest BCUT2D eigenvalue weighted by atomic mass is 79.9. The molecule has 2 heterocycles. The van der Waals surface area contributed by atoms with Crippen molar-refractivity contribution in [1.29, 1.82) is 0 Å². The van der Waals surface area contributed by atoms with Gasteiger partial charge in [-0.1, -0.05) is 0 Å². The quantitative estimate of drug-likeness (QED) is 0.628. The maximum atomic E-state index is 10.8. The Balaban J connectivity index is 1.78. The van der Waals surface area contributed by atoms with Crippen LogP contribution in [-0.4, -0.2) is 35.6 Å². The van der Waals surface area contributed by atoms with Crippen LogP contribution in [0.15, 0.2) is 16.7 Å². The monoisotopic (exact) mass is 354 g/mol. The summed E-state index contributed by atoms with van der Waals surface area (Å²) < 4.78 is 0.704. The SMILES string of the molecule is O=[N+]([O-])c1cnc(N(CC2CC2)CC2CCCN2)c(Br)c1. The van der Waals surface area contributed by atoms with Crippen molar-refractivity contribution in [1.82, 2.24) is 10.3 Å². The Morgan fingerprint density at radius 2 is 2.24 bits per heavy atom. The van der Waals surface area contributed by atoms with Crippen LogP contribution in [0.2, 0.25) is 0 Å². The molecule has 21 heavy (non-hydrogen) atoms. The molecule has 1 saturated carbocycles. The molecule has 1 aromatic heterocycles. The first kappa shape index (κ1) is 14.7. The van der Waals surface area contributed by atoms with E-state index in [4.69, 9.17) is 0 Å². The molecular formula is C14H19BrN4O2. The average Bonchev–Trinajstić information content (AvgIpc) is 3.11. The summed E-state index contributed by atoms with van der Waals surface area (Å²) in [5, 5.41) is 14.3. The van der Waals surface area contributed by atoms with Gasteiger partial charge in [0, 0.05) is 25.2 Å². The van der Waals surface area contributed by atoms with Crippen molar-refractivity contribution in [2.75, 3.05) is 24.5 Å². The van der Waals surface area contributed by atoms with Crippen LogP contribution in [0.25, 0.3) is 0 Å². The fourth-order valence-corrected chi connectivity index (χ4v) is 3.38. The van der Waals surface area contributed by atoms with E-state index in [0.717, 1.165) is 31.4 Å². The number of pyridine rings is 1. The van der Waals surface area contributed by atoms with Crippen molar-refractivity contribution < 1.29 is 4.92 Å². The number of nitro groups is 1. The van der Waals surface area contributed by atoms with E-state index in [1.54, 1.807) is 6.07 Å². The van der Waals surface area contributed by atoms with Crippen LogP contribution in [0.1, 0.15) is 25.7 Å². The van der Waals surface area contributed by atoms with E-state index in [0.29, 0.717) is 10.5 Å². The molecular weight excluding hydrogens is 336 g/mol. The zero-order valence-corrected chi connectivity index (χ0v) is 13.4. The summed E-state index contributed by atoms with van der Waals surface area (Å²) in [5.74, 6) is 1.57. The Hall–Kier alpha value is -1.21. The minimum Gasteiger partial charge on any atom is -0.354 e. The zero-order valence-electron chi connectivity index (χ0n) is 11.8. The minimum atomic E-state index is -0.411. The topological polar surface area (TPSA) is 71.3 Å². The summed E-state index contributed by atoms with van der Waals surface area (Å²) in [6.45, 7) is 2.98. The number of halogens is 1. The number of aromatic nitrogens is 1. The average molecular weight is 355 g/mol. The lowest BCUT2D eigenvalue weighted by molar-refractivity contribution is -0.385. The smallest absolute Gasteiger partial charge is 0.288 e. The van der Waals surface area contributed by atoms with Crippen LogP contribution < -0.4 is 10.2 Å². The molecule has 1 aliphatic heterocycles. The fraction of sp³-hybridized carbons (Fsp3) is 0.643. The number of anilines is 1. The van der Waals surface area contributed by atoms with Gasteiger partial charge in [-0.3, -0.25) is 10.1 Å². The highest BCUT2D eigenvalue weighted by Crippen LogP contribution is 2.34. The molecule has 0 radical (unpaired) electrons. The van der Waals surface area contributed by atoms with E-state index in [-0.39, 0.29) is 5.69 Å². The molecule has 1 saturated heterocycles. The summed E-state index contributed by atoms with van der Waals surface area (Å²) in [6.07, 6.45) is 6.31. The van der Waals surface area contributed by atoms with Crippen molar-refractivity contribution in [2.24, 2.45) is 5.92 Å². The predicted octanol–water partition coefficient (Wildman–Crippen LogP) is 2.72. The highest BCUT2D eigenvalue weighted by molar-refractivity contribution is 9.10. The van der Waals surface area contributed by atoms with Crippen LogP contribution in [0.5, 0.6) is 0 Å². The lowest BCUT2D eigenvalue weighted by Gasteiger charge is -2.27. The van der Waals surface area contributed by atoms with E-state index >= 15 is 0 Å². The van der Waals surface area contributed by atoms with Crippen LogP contribution in [0.3, 0.4) is 0 Å². The Labute approximate surface area is 132 Å². The standard InChI is InChI=1S/C14H19BrN4O2/c15-13-6-12(19(20)21)7-17-14(13)18(8-10-3-4-10)9-11-2-1-5-16-11/h6-7,10-11,16H,1-5,8-9H2. The molecule has 2 fully saturated rings. The third-order valence-corrected chi connectivity index (χ3v) is 4.68. The molecule has 1 unspecified atom stereocenters. The lowest BCUT2D eigenvalue weighted by atomic mass is 10.2. The number of nitrogens with zero attached hydrogens (tertiary/aromatic N) is 3. The van der Waals surface area contributed by atoms with Gasteiger partial charge in [-0.05, 0) is 54.1 Å². The van der Waals surface area contributed by atoms with Crippen molar-refractivity contribution in [3.63, 3.8) is 0 Å². The van der Waals surface area contributed by atoms with Crippen LogP contribution in [0, 0.1) is 16.0 Å². The molecule has 0 amide bonds. The highest BCUT2D eigenvalue weighted by Gasteiger charge is 2.28. The first-order valence-electron chi connectivity index (χ1n) is 7.42. The molecule has 7 heteroatoms. The number of rotatable bonds is 6. The molecule has 1 atom stereocenters. The number of hydrogen-bond donors (Lipinski definition) is 1. The normalized spacial score (nSPS) is 21.5. The largest absolute Gasteiger partial charge is 0.354 e. The Morgan fingerprint density at radius 3 is 2.81 bits per heavy atom. The van der Waals surface area contributed by atoms with Gasteiger partial charge in [-0.2, -0.15) is 0 Å². The second kappa shape index (κ2) is 6.27. The molecule has 1 N–H and O–H groups in total. The molecule has 2 aliphatic rings. The van der Waals surface area contributed by atoms with E-state index in [2.05, 4.69) is 31.1 Å². The summed E-state index contributed by atoms with van der Waals surface area (Å²) in [7, 11) is 0. The van der Waals surface area contributed by atoms with Gasteiger partial charge in [-0.25, -0.2) is 4.98 Å². The van der Waals surface area contributed by atoms with Gasteiger partial charge in [-0.15, -0.1) is 0 Å². The second-order valence-corrected chi connectivity index (χ2v) is 6.75. The molecule has 0 spiro atoms. The van der Waals surface area contributed by atoms with Gasteiger partial charge >= 0.3 is 0 Å². The predicted molar refractivity (Wildman–Crippen MR) is 84.6 cm³/mol. The van der Waals surface area contributed by atoms with Gasteiger partial charge in [0.05, 0.1) is 9.40 Å². The summed E-state index contributed by atoms with van der Waals surface area (Å²) >= 11 is 3.45. The van der Waals surface area contributed by atoms with Crippen molar-refractivity contribution in [3.05, 3.63) is 26.9 Å². The Bertz CT molecular complexity index is 530. The molecule has 1 aromatic rings. The van der Waals surface area contributed by atoms with Crippen molar-refractivity contribution in [2.45, 2.75) is 31.7 Å². The third-order valence-electron chi connectivity index (χ3n) is 4.10. The number of nitrogens with one attached hydrogen (secondary N) is 1. The molecule has 1 aliphatic carbocycles. The first-order chi connectivity index (χ1) is 10.1. The van der Waals surface area contributed by atoms with E-state index in [1.165, 1.54) is 31.9 Å². The van der Waals surface area contributed by atoms with Gasteiger partial charge in [0.25, 0.3) is 5.69 Å². The van der Waals surface area contributed by atoms with Crippen LogP contribution in [-0.2, 0) is 0 Å².